The summed E-state index contributed by atoms with van der Waals surface area (Å²) in [6.07, 6.45) is 3.73. The maximum Gasteiger partial charge on any atom is 0.179 e. The number of fused-ring (bicyclic) bond motifs is 5. The molecule has 4 nitrogen and oxygen atoms in total. The second-order valence-corrected chi connectivity index (χ2v) is 20.3. The van der Waals surface area contributed by atoms with Crippen LogP contribution in [0.2, 0.25) is 0 Å². The van der Waals surface area contributed by atoms with E-state index in [2.05, 4.69) is 218 Å². The Kier molecular flexibility index (Phi) is 9.47. The van der Waals surface area contributed by atoms with Crippen molar-refractivity contribution in [1.29, 1.82) is 0 Å². The van der Waals surface area contributed by atoms with Crippen molar-refractivity contribution in [1.82, 2.24) is 19.9 Å². The number of hydrogen-bond acceptors (Lipinski definition) is 4. The molecule has 65 heavy (non-hydrogen) atoms. The van der Waals surface area contributed by atoms with Crippen molar-refractivity contribution in [3.05, 3.63) is 243 Å². The number of nitrogens with zero attached hydrogens (tertiary/aromatic N) is 4. The van der Waals surface area contributed by atoms with Gasteiger partial charge in [0.1, 0.15) is 0 Å². The Morgan fingerprint density at radius 2 is 0.677 bits per heavy atom. The normalized spacial score (nSPS) is 11.7. The summed E-state index contributed by atoms with van der Waals surface area (Å²) in [4.78, 5) is 21.1. The molecular formula is C60H40N4Si. The predicted octanol–water partition coefficient (Wildman–Crippen LogP) is 11.9. The zero-order chi connectivity index (χ0) is 43.2. The number of para-hydroxylation sites is 2. The molecular weight excluding hydrogens is 805 g/mol. The average Bonchev–Trinajstić information content (AvgIpc) is 3.39. The van der Waals surface area contributed by atoms with Gasteiger partial charge in [0, 0.05) is 45.1 Å². The summed E-state index contributed by atoms with van der Waals surface area (Å²) < 4.78 is 0. The third-order valence-electron chi connectivity index (χ3n) is 12.9. The van der Waals surface area contributed by atoms with Crippen LogP contribution in [0.3, 0.4) is 0 Å². The smallest absolute Gasteiger partial charge is 0.179 e. The van der Waals surface area contributed by atoms with Gasteiger partial charge in [-0.25, -0.2) is 9.97 Å². The van der Waals surface area contributed by atoms with Gasteiger partial charge in [0.05, 0.1) is 33.5 Å². The molecule has 304 valence electrons. The van der Waals surface area contributed by atoms with Crippen LogP contribution in [-0.4, -0.2) is 28.0 Å². The Labute approximate surface area is 378 Å². The van der Waals surface area contributed by atoms with E-state index in [1.165, 1.54) is 20.7 Å². The van der Waals surface area contributed by atoms with E-state index < -0.39 is 8.07 Å². The minimum atomic E-state index is -2.85. The first kappa shape index (κ1) is 38.3. The first-order valence-electron chi connectivity index (χ1n) is 22.0. The van der Waals surface area contributed by atoms with Crippen LogP contribution >= 0.6 is 0 Å². The van der Waals surface area contributed by atoms with E-state index in [0.717, 1.165) is 88.4 Å². The van der Waals surface area contributed by atoms with E-state index in [1.54, 1.807) is 0 Å². The van der Waals surface area contributed by atoms with Gasteiger partial charge in [0.15, 0.2) is 8.07 Å². The number of aromatic nitrogens is 4. The molecule has 0 amide bonds. The minimum absolute atomic E-state index is 0.832. The summed E-state index contributed by atoms with van der Waals surface area (Å²) in [7, 11) is -2.85. The van der Waals surface area contributed by atoms with Gasteiger partial charge in [-0.05, 0) is 67.3 Å². The first-order valence-corrected chi connectivity index (χ1v) is 24.0. The van der Waals surface area contributed by atoms with Gasteiger partial charge in [-0.15, -0.1) is 0 Å². The standard InChI is InChI=1S/C60H40N4Si/c1-5-18-41(19-6-1)53-39-55(51-32-14-20-42-23-16-36-61-57(42)51)63-59-49(53)34-35-50-54(40-56(64-60(50)59)52-33-15-21-43-24-17-37-62-58(43)52)44-22-13-31-48(38-44)65(45-25-7-2-8-26-45,46-27-9-3-10-28-46)47-29-11-4-12-30-47/h1-40H. The lowest BCUT2D eigenvalue weighted by molar-refractivity contribution is 1.35. The summed E-state index contributed by atoms with van der Waals surface area (Å²) in [5.41, 5.74) is 11.5. The number of pyridine rings is 4. The maximum absolute atomic E-state index is 5.65. The second kappa shape index (κ2) is 16.1. The van der Waals surface area contributed by atoms with E-state index in [9.17, 15) is 0 Å². The van der Waals surface area contributed by atoms with Crippen molar-refractivity contribution >= 4 is 72.4 Å². The van der Waals surface area contributed by atoms with E-state index in [-0.39, 0.29) is 0 Å². The number of hydrogen-bond donors (Lipinski definition) is 0. The summed E-state index contributed by atoms with van der Waals surface area (Å²) in [6.45, 7) is 0. The summed E-state index contributed by atoms with van der Waals surface area (Å²) in [6, 6.07) is 83.1. The fourth-order valence-electron chi connectivity index (χ4n) is 9.95. The van der Waals surface area contributed by atoms with Crippen LogP contribution in [0.25, 0.3) is 88.4 Å². The summed E-state index contributed by atoms with van der Waals surface area (Å²) >= 11 is 0. The van der Waals surface area contributed by atoms with E-state index in [1.807, 2.05) is 24.5 Å². The van der Waals surface area contributed by atoms with Crippen molar-refractivity contribution in [3.63, 3.8) is 0 Å². The highest BCUT2D eigenvalue weighted by Gasteiger charge is 2.41. The Bertz CT molecular complexity index is 3600. The molecule has 0 aliphatic carbocycles. The summed E-state index contributed by atoms with van der Waals surface area (Å²) in [5.74, 6) is 0. The lowest BCUT2D eigenvalue weighted by Gasteiger charge is -2.34. The van der Waals surface area contributed by atoms with Crippen LogP contribution in [0.4, 0.5) is 0 Å². The Hall–Kier alpha value is -8.38. The summed E-state index contributed by atoms with van der Waals surface area (Å²) in [5, 5.41) is 9.48. The highest BCUT2D eigenvalue weighted by atomic mass is 28.3. The van der Waals surface area contributed by atoms with Crippen molar-refractivity contribution in [2.24, 2.45) is 0 Å². The van der Waals surface area contributed by atoms with Gasteiger partial charge in [-0.3, -0.25) is 9.97 Å². The maximum atomic E-state index is 5.65. The Morgan fingerprint density at radius 1 is 0.277 bits per heavy atom. The van der Waals surface area contributed by atoms with Crippen LogP contribution in [0.15, 0.2) is 243 Å². The van der Waals surface area contributed by atoms with Gasteiger partial charge in [-0.1, -0.05) is 206 Å². The van der Waals surface area contributed by atoms with E-state index in [4.69, 9.17) is 19.9 Å². The molecule has 0 saturated carbocycles. The number of rotatable bonds is 8. The number of benzene rings is 8. The molecule has 0 spiro atoms. The van der Waals surface area contributed by atoms with Crippen molar-refractivity contribution in [3.8, 4) is 44.8 Å². The molecule has 0 aliphatic rings. The predicted molar refractivity (Wildman–Crippen MR) is 273 cm³/mol. The van der Waals surface area contributed by atoms with Gasteiger partial charge >= 0.3 is 0 Å². The minimum Gasteiger partial charge on any atom is -0.256 e. The Morgan fingerprint density at radius 3 is 1.17 bits per heavy atom. The SMILES string of the molecule is c1ccc(-c2cc(-c3cccc4cccnc34)nc3c2ccc2c(-c4cccc([Si](c5ccccc5)(c5ccccc5)c5ccccc5)c4)cc(-c4cccc5cccnc45)nc23)cc1. The largest absolute Gasteiger partial charge is 0.256 e. The highest BCUT2D eigenvalue weighted by Crippen LogP contribution is 2.41. The van der Waals surface area contributed by atoms with Crippen LogP contribution in [0, 0.1) is 0 Å². The highest BCUT2D eigenvalue weighted by molar-refractivity contribution is 7.19. The van der Waals surface area contributed by atoms with Gasteiger partial charge < -0.3 is 0 Å². The molecule has 4 aromatic heterocycles. The molecule has 0 aliphatic heterocycles. The monoisotopic (exact) mass is 844 g/mol. The van der Waals surface area contributed by atoms with Crippen LogP contribution in [0.5, 0.6) is 0 Å². The molecule has 0 atom stereocenters. The third kappa shape index (κ3) is 6.52. The Balaban J connectivity index is 1.19. The lowest BCUT2D eigenvalue weighted by Crippen LogP contribution is -2.74. The topological polar surface area (TPSA) is 51.6 Å². The molecule has 0 unspecified atom stereocenters. The fraction of sp³-hybridized carbons (Fsp3) is 0. The first-order chi connectivity index (χ1) is 32.2. The van der Waals surface area contributed by atoms with Crippen LogP contribution in [0.1, 0.15) is 0 Å². The van der Waals surface area contributed by atoms with Gasteiger partial charge in [0.2, 0.25) is 0 Å². The fourth-order valence-corrected chi connectivity index (χ4v) is 14.7. The van der Waals surface area contributed by atoms with E-state index >= 15 is 0 Å². The van der Waals surface area contributed by atoms with Crippen molar-refractivity contribution < 1.29 is 0 Å². The molecule has 12 rings (SSSR count). The molecule has 0 bridgehead atoms. The molecule has 0 saturated heterocycles. The molecule has 0 radical (unpaired) electrons. The van der Waals surface area contributed by atoms with Crippen LogP contribution < -0.4 is 20.7 Å². The molecule has 4 heterocycles. The zero-order valence-corrected chi connectivity index (χ0v) is 36.4. The molecule has 0 fully saturated rings. The van der Waals surface area contributed by atoms with E-state index in [0.29, 0.717) is 0 Å². The van der Waals surface area contributed by atoms with Crippen LogP contribution in [-0.2, 0) is 0 Å². The molecule has 8 aromatic carbocycles. The van der Waals surface area contributed by atoms with Gasteiger partial charge in [0.25, 0.3) is 0 Å². The van der Waals surface area contributed by atoms with Crippen molar-refractivity contribution in [2.45, 2.75) is 0 Å². The van der Waals surface area contributed by atoms with Crippen molar-refractivity contribution in [2.75, 3.05) is 0 Å². The average molecular weight is 845 g/mol. The molecule has 0 N–H and O–H groups in total. The second-order valence-electron chi connectivity index (χ2n) is 16.5. The molecule has 12 aromatic rings. The van der Waals surface area contributed by atoms with Gasteiger partial charge in [-0.2, -0.15) is 0 Å². The lowest BCUT2D eigenvalue weighted by atomic mass is 9.93. The molecule has 5 heteroatoms. The zero-order valence-electron chi connectivity index (χ0n) is 35.4. The quantitative estimate of drug-likeness (QED) is 0.0868. The third-order valence-corrected chi connectivity index (χ3v) is 17.7.